The molecule has 208 valence electrons. The van der Waals surface area contributed by atoms with Gasteiger partial charge in [0.25, 0.3) is 5.56 Å². The van der Waals surface area contributed by atoms with E-state index >= 15 is 4.39 Å². The number of carbonyl (C=O) groups is 1. The Kier molecular flexibility index (Phi) is 7.98. The average Bonchev–Trinajstić information content (AvgIpc) is 3.35. The number of nitrogens with one attached hydrogen (secondary N) is 2. The van der Waals surface area contributed by atoms with Crippen LogP contribution in [-0.4, -0.2) is 68.5 Å². The molecule has 2 fully saturated rings. The number of aromatic nitrogens is 3. The van der Waals surface area contributed by atoms with Crippen molar-refractivity contribution in [2.24, 2.45) is 13.0 Å². The molecule has 39 heavy (non-hydrogen) atoms. The van der Waals surface area contributed by atoms with Gasteiger partial charge in [0.15, 0.2) is 5.82 Å². The van der Waals surface area contributed by atoms with Gasteiger partial charge in [-0.15, -0.1) is 0 Å². The van der Waals surface area contributed by atoms with Gasteiger partial charge in [0.2, 0.25) is 11.9 Å². The molecule has 2 N–H and O–H groups in total. The molecule has 5 rings (SSSR count). The van der Waals surface area contributed by atoms with Crippen molar-refractivity contribution in [1.29, 1.82) is 0 Å². The van der Waals surface area contributed by atoms with Crippen LogP contribution in [0.1, 0.15) is 26.2 Å². The van der Waals surface area contributed by atoms with Crippen LogP contribution in [0.25, 0.3) is 22.2 Å². The molecule has 0 spiro atoms. The molecule has 9 nitrogen and oxygen atoms in total. The standard InChI is InChI=1S/C26H30F3N7O2S/c1-15(37)35-8-5-16(6-9-35)12-30-26-31-13-17-11-19(25(38)34(2)24(17)32-26)22-20(28)3-4-21(23(22)29)33-39-36-10-7-18(27)14-36/h3-4,11,13,16,18,33H,5-10,12,14H2,1-2H3,(H,30,31,32)/t18-/m1/s1. The van der Waals surface area contributed by atoms with Crippen LogP contribution in [0, 0.1) is 17.6 Å². The maximum Gasteiger partial charge on any atom is 0.260 e. The lowest BCUT2D eigenvalue weighted by Gasteiger charge is -2.31. The topological polar surface area (TPSA) is 95.4 Å². The summed E-state index contributed by atoms with van der Waals surface area (Å²) in [6.07, 6.45) is 2.73. The van der Waals surface area contributed by atoms with Gasteiger partial charge in [-0.1, -0.05) is 0 Å². The number of aryl methyl sites for hydroxylation is 1. The largest absolute Gasteiger partial charge is 0.354 e. The first-order valence-corrected chi connectivity index (χ1v) is 13.6. The number of rotatable bonds is 7. The second-order valence-electron chi connectivity index (χ2n) is 9.98. The molecule has 2 aliphatic rings. The smallest absolute Gasteiger partial charge is 0.260 e. The zero-order valence-corrected chi connectivity index (χ0v) is 22.5. The molecule has 0 bridgehead atoms. The molecule has 13 heteroatoms. The van der Waals surface area contributed by atoms with Crippen molar-refractivity contribution >= 4 is 40.7 Å². The maximum atomic E-state index is 15.5. The lowest BCUT2D eigenvalue weighted by Crippen LogP contribution is -2.38. The van der Waals surface area contributed by atoms with E-state index in [1.807, 2.05) is 4.90 Å². The third-order valence-corrected chi connectivity index (χ3v) is 8.20. The molecular formula is C26H30F3N7O2S. The summed E-state index contributed by atoms with van der Waals surface area (Å²) in [6, 6.07) is 3.74. The summed E-state index contributed by atoms with van der Waals surface area (Å²) in [5, 5.41) is 3.66. The van der Waals surface area contributed by atoms with Crippen LogP contribution in [0.3, 0.4) is 0 Å². The molecule has 1 aromatic carbocycles. The monoisotopic (exact) mass is 561 g/mol. The molecule has 0 aliphatic carbocycles. The average molecular weight is 562 g/mol. The molecule has 2 aromatic heterocycles. The summed E-state index contributed by atoms with van der Waals surface area (Å²) < 4.78 is 49.6. The number of anilines is 2. The Morgan fingerprint density at radius 3 is 2.64 bits per heavy atom. The highest BCUT2D eigenvalue weighted by atomic mass is 32.2. The van der Waals surface area contributed by atoms with Crippen molar-refractivity contribution in [3.63, 3.8) is 0 Å². The quantitative estimate of drug-likeness (QED) is 0.419. The summed E-state index contributed by atoms with van der Waals surface area (Å²) in [7, 11) is 1.50. The van der Waals surface area contributed by atoms with Gasteiger partial charge in [0, 0.05) is 70.4 Å². The third-order valence-electron chi connectivity index (χ3n) is 7.30. The van der Waals surface area contributed by atoms with Gasteiger partial charge in [-0.05, 0) is 43.4 Å². The number of halogens is 3. The highest BCUT2D eigenvalue weighted by molar-refractivity contribution is 7.98. The minimum absolute atomic E-state index is 0.00853. The number of benzene rings is 1. The molecule has 3 aromatic rings. The van der Waals surface area contributed by atoms with Crippen molar-refractivity contribution in [3.05, 3.63) is 46.4 Å². The fraction of sp³-hybridized carbons (Fsp3) is 0.462. The van der Waals surface area contributed by atoms with E-state index in [-0.39, 0.29) is 23.7 Å². The van der Waals surface area contributed by atoms with Gasteiger partial charge in [-0.25, -0.2) is 22.5 Å². The Balaban J connectivity index is 1.35. The first kappa shape index (κ1) is 27.3. The van der Waals surface area contributed by atoms with Crippen LogP contribution in [-0.2, 0) is 11.8 Å². The van der Waals surface area contributed by atoms with Crippen molar-refractivity contribution in [2.75, 3.05) is 42.8 Å². The van der Waals surface area contributed by atoms with Gasteiger partial charge < -0.3 is 14.9 Å². The third kappa shape index (κ3) is 5.83. The summed E-state index contributed by atoms with van der Waals surface area (Å²) in [5.41, 5.74) is -0.891. The van der Waals surface area contributed by atoms with Gasteiger partial charge >= 0.3 is 0 Å². The summed E-state index contributed by atoms with van der Waals surface area (Å²) in [5.74, 6) is -0.999. The second-order valence-corrected chi connectivity index (χ2v) is 10.9. The highest BCUT2D eigenvalue weighted by Gasteiger charge is 2.25. The Bertz CT molecular complexity index is 1450. The van der Waals surface area contributed by atoms with E-state index in [0.717, 1.165) is 44.1 Å². The number of fused-ring (bicyclic) bond motifs is 1. The highest BCUT2D eigenvalue weighted by Crippen LogP contribution is 2.32. The zero-order valence-electron chi connectivity index (χ0n) is 21.7. The summed E-state index contributed by atoms with van der Waals surface area (Å²) in [6.45, 7) is 4.36. The van der Waals surface area contributed by atoms with Crippen LogP contribution < -0.4 is 15.6 Å². The molecule has 4 heterocycles. The van der Waals surface area contributed by atoms with E-state index in [9.17, 15) is 18.4 Å². The predicted molar refractivity (Wildman–Crippen MR) is 146 cm³/mol. The lowest BCUT2D eigenvalue weighted by molar-refractivity contribution is -0.130. The molecular weight excluding hydrogens is 531 g/mol. The maximum absolute atomic E-state index is 15.5. The van der Waals surface area contributed by atoms with Gasteiger partial charge in [-0.2, -0.15) is 4.98 Å². The second kappa shape index (κ2) is 11.4. The minimum Gasteiger partial charge on any atom is -0.354 e. The number of alkyl halides is 1. The summed E-state index contributed by atoms with van der Waals surface area (Å²) in [4.78, 5) is 35.4. The van der Waals surface area contributed by atoms with Gasteiger partial charge in [0.05, 0.1) is 16.8 Å². The molecule has 2 aliphatic heterocycles. The number of hydrogen-bond donors (Lipinski definition) is 2. The van der Waals surface area contributed by atoms with Crippen LogP contribution in [0.4, 0.5) is 24.8 Å². The Labute approximate surface area is 228 Å². The van der Waals surface area contributed by atoms with E-state index in [4.69, 9.17) is 0 Å². The van der Waals surface area contributed by atoms with Gasteiger partial charge in [-0.3, -0.25) is 14.2 Å². The molecule has 1 atom stereocenters. The van der Waals surface area contributed by atoms with E-state index in [2.05, 4.69) is 20.0 Å². The first-order valence-electron chi connectivity index (χ1n) is 12.9. The number of nitrogens with zero attached hydrogens (tertiary/aromatic N) is 5. The predicted octanol–water partition coefficient (Wildman–Crippen LogP) is 3.96. The normalized spacial score (nSPS) is 18.6. The van der Waals surface area contributed by atoms with Crippen LogP contribution in [0.15, 0.2) is 29.2 Å². The van der Waals surface area contributed by atoms with Crippen LogP contribution in [0.5, 0.6) is 0 Å². The van der Waals surface area contributed by atoms with Crippen LogP contribution >= 0.6 is 12.1 Å². The number of piperidine rings is 1. The van der Waals surface area contributed by atoms with E-state index < -0.39 is 28.9 Å². The SMILES string of the molecule is CC(=O)N1CCC(CNc2ncc3cc(-c4c(F)ccc(NSN5CC[C@@H](F)C5)c4F)c(=O)n(C)c3n2)CC1. The van der Waals surface area contributed by atoms with Crippen molar-refractivity contribution in [1.82, 2.24) is 23.7 Å². The number of carbonyl (C=O) groups excluding carboxylic acids is 1. The zero-order chi connectivity index (χ0) is 27.7. The Morgan fingerprint density at radius 2 is 1.95 bits per heavy atom. The fourth-order valence-corrected chi connectivity index (χ4v) is 5.78. The number of hydrogen-bond acceptors (Lipinski definition) is 8. The molecule has 0 unspecified atom stereocenters. The molecule has 1 amide bonds. The van der Waals surface area contributed by atoms with Gasteiger partial charge in [0.1, 0.15) is 17.6 Å². The molecule has 0 saturated carbocycles. The number of amides is 1. The first-order chi connectivity index (χ1) is 18.7. The Hall–Kier alpha value is -3.32. The lowest BCUT2D eigenvalue weighted by atomic mass is 9.97. The molecule has 0 radical (unpaired) electrons. The number of likely N-dealkylation sites (tertiary alicyclic amines) is 1. The van der Waals surface area contributed by atoms with E-state index in [1.54, 1.807) is 11.2 Å². The fourth-order valence-electron chi connectivity index (χ4n) is 4.96. The number of pyridine rings is 1. The molecule has 2 saturated heterocycles. The van der Waals surface area contributed by atoms with Crippen molar-refractivity contribution in [3.8, 4) is 11.1 Å². The summed E-state index contributed by atoms with van der Waals surface area (Å²) >= 11 is 1.05. The minimum atomic E-state index is -0.933. The Morgan fingerprint density at radius 1 is 1.18 bits per heavy atom. The van der Waals surface area contributed by atoms with Crippen LogP contribution in [0.2, 0.25) is 0 Å². The van der Waals surface area contributed by atoms with E-state index in [1.165, 1.54) is 29.9 Å². The van der Waals surface area contributed by atoms with Crippen molar-refractivity contribution in [2.45, 2.75) is 32.4 Å². The van der Waals surface area contributed by atoms with Crippen molar-refractivity contribution < 1.29 is 18.0 Å². The van der Waals surface area contributed by atoms with E-state index in [0.29, 0.717) is 42.4 Å².